The fraction of sp³-hybridized carbons (Fsp3) is 0.579. The van der Waals surface area contributed by atoms with E-state index in [9.17, 15) is 4.79 Å². The van der Waals surface area contributed by atoms with Crippen LogP contribution in [0.2, 0.25) is 0 Å². The Morgan fingerprint density at radius 3 is 2.96 bits per heavy atom. The van der Waals surface area contributed by atoms with Gasteiger partial charge in [0.25, 0.3) is 0 Å². The van der Waals surface area contributed by atoms with Crippen molar-refractivity contribution in [1.29, 1.82) is 0 Å². The van der Waals surface area contributed by atoms with Gasteiger partial charge in [-0.2, -0.15) is 0 Å². The van der Waals surface area contributed by atoms with Gasteiger partial charge >= 0.3 is 0 Å². The van der Waals surface area contributed by atoms with E-state index in [1.54, 1.807) is 0 Å². The number of hydrogen-bond acceptors (Lipinski definition) is 5. The van der Waals surface area contributed by atoms with E-state index in [1.165, 1.54) is 29.7 Å². The first-order valence-corrected chi connectivity index (χ1v) is 9.78. The van der Waals surface area contributed by atoms with Crippen LogP contribution in [0, 0.1) is 11.8 Å². The number of thiazole rings is 1. The maximum atomic E-state index is 13.4. The van der Waals surface area contributed by atoms with Crippen molar-refractivity contribution in [3.63, 3.8) is 0 Å². The number of fused-ring (bicyclic) bond motifs is 5. The Hall–Kier alpha value is -1.46. The molecule has 2 N–H and O–H groups in total. The number of nitrogens with two attached hydrogens (primary N) is 1. The van der Waals surface area contributed by atoms with E-state index in [-0.39, 0.29) is 11.5 Å². The van der Waals surface area contributed by atoms with Crippen LogP contribution < -0.4 is 5.73 Å². The van der Waals surface area contributed by atoms with Gasteiger partial charge in [0.1, 0.15) is 0 Å². The molecular weight excluding hydrogens is 318 g/mol. The van der Waals surface area contributed by atoms with Crippen LogP contribution >= 0.6 is 11.3 Å². The standard InChI is InChI=1S/C19H23N3OS/c1-10-16-17(23)12-7-15-14(21-18(20)24-15)8-13(12)19(10,2)5-6-22(16)9-11-3-4-11/h7-8,10-11,16H,3-6,9H2,1-2H3,(H2,20,21)/t10-,16-,19+/m0/s1. The predicted octanol–water partition coefficient (Wildman–Crippen LogP) is 3.45. The quantitative estimate of drug-likeness (QED) is 0.909. The third kappa shape index (κ3) is 1.94. The highest BCUT2D eigenvalue weighted by atomic mass is 32.1. The molecule has 1 saturated carbocycles. The van der Waals surface area contributed by atoms with Gasteiger partial charge in [-0.3, -0.25) is 9.69 Å². The first kappa shape index (κ1) is 14.8. The van der Waals surface area contributed by atoms with Crippen molar-refractivity contribution in [2.45, 2.75) is 44.6 Å². The van der Waals surface area contributed by atoms with Crippen LogP contribution in [0.3, 0.4) is 0 Å². The lowest BCUT2D eigenvalue weighted by Gasteiger charge is -2.53. The molecule has 5 rings (SSSR count). The molecule has 0 radical (unpaired) electrons. The summed E-state index contributed by atoms with van der Waals surface area (Å²) in [6, 6.07) is 4.23. The summed E-state index contributed by atoms with van der Waals surface area (Å²) in [5, 5.41) is 0.580. The van der Waals surface area contributed by atoms with E-state index in [0.29, 0.717) is 16.8 Å². The Labute approximate surface area is 146 Å². The number of benzene rings is 1. The number of piperidine rings is 1. The van der Waals surface area contributed by atoms with Gasteiger partial charge in [-0.05, 0) is 60.8 Å². The van der Waals surface area contributed by atoms with Crippen LogP contribution in [0.25, 0.3) is 10.2 Å². The summed E-state index contributed by atoms with van der Waals surface area (Å²) < 4.78 is 1.03. The van der Waals surface area contributed by atoms with Gasteiger partial charge in [0.05, 0.1) is 16.3 Å². The zero-order valence-electron chi connectivity index (χ0n) is 14.2. The first-order chi connectivity index (χ1) is 11.5. The molecular formula is C19H23N3OS. The molecule has 5 heteroatoms. The van der Waals surface area contributed by atoms with Gasteiger partial charge < -0.3 is 5.73 Å². The topological polar surface area (TPSA) is 59.2 Å². The number of rotatable bonds is 2. The van der Waals surface area contributed by atoms with E-state index in [1.807, 2.05) is 0 Å². The lowest BCUT2D eigenvalue weighted by Crippen LogP contribution is -2.61. The van der Waals surface area contributed by atoms with Gasteiger partial charge in [0.2, 0.25) is 0 Å². The van der Waals surface area contributed by atoms with E-state index < -0.39 is 0 Å². The third-order valence-electron chi connectivity index (χ3n) is 6.67. The van der Waals surface area contributed by atoms with Crippen molar-refractivity contribution in [2.24, 2.45) is 11.8 Å². The molecule has 2 bridgehead atoms. The minimum Gasteiger partial charge on any atom is -0.375 e. The molecule has 126 valence electrons. The Morgan fingerprint density at radius 2 is 2.21 bits per heavy atom. The average molecular weight is 341 g/mol. The normalized spacial score (nSPS) is 33.0. The third-order valence-corrected chi connectivity index (χ3v) is 7.52. The molecule has 3 aliphatic rings. The molecule has 1 aromatic heterocycles. The van der Waals surface area contributed by atoms with Gasteiger partial charge in [-0.25, -0.2) is 4.98 Å². The number of carbonyl (C=O) groups is 1. The molecule has 1 aliphatic heterocycles. The molecule has 24 heavy (non-hydrogen) atoms. The second-order valence-corrected chi connectivity index (χ2v) is 9.18. The van der Waals surface area contributed by atoms with Gasteiger partial charge in [0.15, 0.2) is 10.9 Å². The number of nitrogens with zero attached hydrogens (tertiary/aromatic N) is 2. The maximum absolute atomic E-state index is 13.4. The predicted molar refractivity (Wildman–Crippen MR) is 97.6 cm³/mol. The number of Topliss-reactive ketones (excluding diaryl/α,β-unsaturated/α-hetero) is 1. The zero-order chi connectivity index (χ0) is 16.6. The molecule has 1 aromatic carbocycles. The Balaban J connectivity index is 1.67. The minimum absolute atomic E-state index is 0.0413. The highest BCUT2D eigenvalue weighted by molar-refractivity contribution is 7.22. The van der Waals surface area contributed by atoms with Crippen molar-refractivity contribution in [2.75, 3.05) is 18.8 Å². The van der Waals surface area contributed by atoms with Crippen molar-refractivity contribution in [1.82, 2.24) is 9.88 Å². The van der Waals surface area contributed by atoms with Gasteiger partial charge in [-0.1, -0.05) is 25.2 Å². The molecule has 4 nitrogen and oxygen atoms in total. The Morgan fingerprint density at radius 1 is 1.42 bits per heavy atom. The molecule has 0 unspecified atom stereocenters. The molecule has 0 spiro atoms. The van der Waals surface area contributed by atoms with Gasteiger partial charge in [-0.15, -0.1) is 0 Å². The summed E-state index contributed by atoms with van der Waals surface area (Å²) in [4.78, 5) is 20.3. The summed E-state index contributed by atoms with van der Waals surface area (Å²) >= 11 is 1.48. The molecule has 3 atom stereocenters. The number of aromatic nitrogens is 1. The van der Waals surface area contributed by atoms with Crippen molar-refractivity contribution < 1.29 is 4.79 Å². The smallest absolute Gasteiger partial charge is 0.181 e. The summed E-state index contributed by atoms with van der Waals surface area (Å²) in [6.45, 7) is 6.74. The second kappa shape index (κ2) is 4.79. The summed E-state index contributed by atoms with van der Waals surface area (Å²) in [7, 11) is 0. The van der Waals surface area contributed by atoms with Crippen LogP contribution in [0.1, 0.15) is 49.0 Å². The Bertz CT molecular complexity index is 856. The average Bonchev–Trinajstić information content (AvgIpc) is 3.27. The van der Waals surface area contributed by atoms with Crippen LogP contribution in [0.4, 0.5) is 5.13 Å². The fourth-order valence-electron chi connectivity index (χ4n) is 4.84. The lowest BCUT2D eigenvalue weighted by atomic mass is 9.58. The summed E-state index contributed by atoms with van der Waals surface area (Å²) in [6.07, 6.45) is 3.78. The van der Waals surface area contributed by atoms with Crippen molar-refractivity contribution in [3.05, 3.63) is 23.3 Å². The molecule has 2 heterocycles. The highest BCUT2D eigenvalue weighted by Crippen LogP contribution is 2.50. The molecule has 0 amide bonds. The van der Waals surface area contributed by atoms with Crippen LogP contribution in [0.15, 0.2) is 12.1 Å². The zero-order valence-corrected chi connectivity index (χ0v) is 15.0. The largest absolute Gasteiger partial charge is 0.375 e. The van der Waals surface area contributed by atoms with E-state index in [2.05, 4.69) is 35.9 Å². The summed E-state index contributed by atoms with van der Waals surface area (Å²) in [5.74, 6) is 1.47. The SMILES string of the molecule is C[C@H]1[C@H]2C(=O)c3cc4sc(N)nc4cc3[C@]1(C)CCN2CC1CC1. The van der Waals surface area contributed by atoms with Crippen molar-refractivity contribution in [3.8, 4) is 0 Å². The molecule has 2 fully saturated rings. The number of hydrogen-bond donors (Lipinski definition) is 1. The number of nitrogen functional groups attached to an aromatic ring is 1. The fourth-order valence-corrected chi connectivity index (χ4v) is 5.60. The molecule has 2 aliphatic carbocycles. The Kier molecular flexibility index (Phi) is 2.97. The number of anilines is 1. The molecule has 1 saturated heterocycles. The first-order valence-electron chi connectivity index (χ1n) is 8.96. The van der Waals surface area contributed by atoms with Crippen molar-refractivity contribution >= 4 is 32.5 Å². The van der Waals surface area contributed by atoms with E-state index in [4.69, 9.17) is 5.73 Å². The summed E-state index contributed by atoms with van der Waals surface area (Å²) in [5.41, 5.74) is 8.99. The van der Waals surface area contributed by atoms with Crippen LogP contribution in [-0.2, 0) is 5.41 Å². The number of ketones is 1. The number of likely N-dealkylation sites (tertiary alicyclic amines) is 1. The maximum Gasteiger partial charge on any atom is 0.181 e. The van der Waals surface area contributed by atoms with E-state index in [0.717, 1.165) is 41.2 Å². The van der Waals surface area contributed by atoms with Gasteiger partial charge in [0, 0.05) is 12.1 Å². The highest BCUT2D eigenvalue weighted by Gasteiger charge is 2.53. The van der Waals surface area contributed by atoms with Crippen LogP contribution in [-0.4, -0.2) is 34.8 Å². The van der Waals surface area contributed by atoms with Crippen LogP contribution in [0.5, 0.6) is 0 Å². The molecule has 2 aromatic rings. The number of carbonyl (C=O) groups excluding carboxylic acids is 1. The monoisotopic (exact) mass is 341 g/mol. The lowest BCUT2D eigenvalue weighted by molar-refractivity contribution is 0.0267. The minimum atomic E-state index is 0.0413. The van der Waals surface area contributed by atoms with E-state index >= 15 is 0 Å². The second-order valence-electron chi connectivity index (χ2n) is 8.12.